The number of anilines is 1. The van der Waals surface area contributed by atoms with Crippen LogP contribution in [0.4, 0.5) is 18.9 Å². The standard InChI is InChI=1S/C13H15F3N2O3/c14-13(15,16)21-11-3-2-9(8-10(11)17)12(19)18-4-1-6-20-7-5-18/h2-3,8H,1,4-7,17H2. The fourth-order valence-electron chi connectivity index (χ4n) is 2.03. The molecule has 1 heterocycles. The maximum Gasteiger partial charge on any atom is 0.573 e. The SMILES string of the molecule is Nc1cc(C(=O)N2CCCOCC2)ccc1OC(F)(F)F. The summed E-state index contributed by atoms with van der Waals surface area (Å²) in [5.41, 5.74) is 5.50. The third-order valence-electron chi connectivity index (χ3n) is 2.99. The highest BCUT2D eigenvalue weighted by molar-refractivity contribution is 5.95. The number of nitrogens with two attached hydrogens (primary N) is 1. The molecule has 2 rings (SSSR count). The fourth-order valence-corrected chi connectivity index (χ4v) is 2.03. The monoisotopic (exact) mass is 304 g/mol. The van der Waals surface area contributed by atoms with E-state index in [0.717, 1.165) is 12.5 Å². The van der Waals surface area contributed by atoms with Crippen LogP contribution in [0.25, 0.3) is 0 Å². The highest BCUT2D eigenvalue weighted by atomic mass is 19.4. The molecule has 1 amide bonds. The average molecular weight is 304 g/mol. The van der Waals surface area contributed by atoms with Crippen molar-refractivity contribution in [2.24, 2.45) is 0 Å². The number of alkyl halides is 3. The third-order valence-corrected chi connectivity index (χ3v) is 2.99. The first-order chi connectivity index (χ1) is 9.87. The lowest BCUT2D eigenvalue weighted by Gasteiger charge is -2.20. The molecule has 0 aliphatic carbocycles. The van der Waals surface area contributed by atoms with E-state index >= 15 is 0 Å². The highest BCUT2D eigenvalue weighted by Crippen LogP contribution is 2.29. The van der Waals surface area contributed by atoms with Crippen LogP contribution in [-0.4, -0.2) is 43.5 Å². The molecule has 116 valence electrons. The number of nitrogens with zero attached hydrogens (tertiary/aromatic N) is 1. The molecular formula is C13H15F3N2O3. The number of carbonyl (C=O) groups is 1. The van der Waals surface area contributed by atoms with Gasteiger partial charge in [0.1, 0.15) is 0 Å². The summed E-state index contributed by atoms with van der Waals surface area (Å²) < 4.78 is 45.5. The molecule has 1 aliphatic rings. The number of amides is 1. The first kappa shape index (κ1) is 15.4. The number of carbonyl (C=O) groups excluding carboxylic acids is 1. The summed E-state index contributed by atoms with van der Waals surface area (Å²) in [5, 5.41) is 0. The normalized spacial score (nSPS) is 16.4. The second-order valence-corrected chi connectivity index (χ2v) is 4.56. The van der Waals surface area contributed by atoms with Crippen LogP contribution in [0.3, 0.4) is 0 Å². The Hall–Kier alpha value is -1.96. The van der Waals surface area contributed by atoms with Crippen LogP contribution in [0.15, 0.2) is 18.2 Å². The summed E-state index contributed by atoms with van der Waals surface area (Å²) in [6.07, 6.45) is -4.10. The first-order valence-electron chi connectivity index (χ1n) is 6.39. The van der Waals surface area contributed by atoms with Crippen molar-refractivity contribution in [2.75, 3.05) is 32.0 Å². The molecule has 2 N–H and O–H groups in total. The Bertz CT molecular complexity index is 512. The first-order valence-corrected chi connectivity index (χ1v) is 6.39. The molecule has 1 saturated heterocycles. The molecule has 1 aliphatic heterocycles. The molecule has 5 nitrogen and oxygen atoms in total. The van der Waals surface area contributed by atoms with Crippen molar-refractivity contribution in [1.29, 1.82) is 0 Å². The molecule has 0 saturated carbocycles. The number of ether oxygens (including phenoxy) is 2. The van der Waals surface area contributed by atoms with Crippen LogP contribution in [0.2, 0.25) is 0 Å². The van der Waals surface area contributed by atoms with Crippen molar-refractivity contribution >= 4 is 11.6 Å². The van der Waals surface area contributed by atoms with E-state index < -0.39 is 12.1 Å². The second kappa shape index (κ2) is 6.21. The predicted molar refractivity (Wildman–Crippen MR) is 68.9 cm³/mol. The maximum absolute atomic E-state index is 12.3. The van der Waals surface area contributed by atoms with E-state index in [9.17, 15) is 18.0 Å². The van der Waals surface area contributed by atoms with Crippen LogP contribution in [0.1, 0.15) is 16.8 Å². The topological polar surface area (TPSA) is 64.8 Å². The van der Waals surface area contributed by atoms with Crippen LogP contribution in [-0.2, 0) is 4.74 Å². The minimum atomic E-state index is -4.82. The van der Waals surface area contributed by atoms with Gasteiger partial charge in [0, 0.05) is 25.3 Å². The summed E-state index contributed by atoms with van der Waals surface area (Å²) in [5.74, 6) is -0.802. The summed E-state index contributed by atoms with van der Waals surface area (Å²) in [6.45, 7) is 2.01. The Morgan fingerprint density at radius 3 is 2.71 bits per heavy atom. The van der Waals surface area contributed by atoms with Gasteiger partial charge in [-0.15, -0.1) is 13.2 Å². The molecule has 0 spiro atoms. The number of rotatable bonds is 2. The third kappa shape index (κ3) is 4.25. The fraction of sp³-hybridized carbons (Fsp3) is 0.462. The quantitative estimate of drug-likeness (QED) is 0.849. The number of nitrogen functional groups attached to an aromatic ring is 1. The van der Waals surface area contributed by atoms with Gasteiger partial charge in [0.15, 0.2) is 5.75 Å². The van der Waals surface area contributed by atoms with Gasteiger partial charge in [0.2, 0.25) is 0 Å². The number of halogens is 3. The lowest BCUT2D eigenvalue weighted by molar-refractivity contribution is -0.274. The Morgan fingerprint density at radius 2 is 2.05 bits per heavy atom. The average Bonchev–Trinajstić information content (AvgIpc) is 2.67. The van der Waals surface area contributed by atoms with Crippen LogP contribution in [0.5, 0.6) is 5.75 Å². The summed E-state index contributed by atoms with van der Waals surface area (Å²) in [7, 11) is 0. The Kier molecular flexibility index (Phi) is 4.56. The minimum Gasteiger partial charge on any atom is -0.404 e. The van der Waals surface area contributed by atoms with Crippen molar-refractivity contribution in [3.05, 3.63) is 23.8 Å². The molecule has 0 unspecified atom stereocenters. The predicted octanol–water partition coefficient (Wildman–Crippen LogP) is 2.03. The molecular weight excluding hydrogens is 289 g/mol. The molecule has 0 aromatic heterocycles. The van der Waals surface area contributed by atoms with Gasteiger partial charge >= 0.3 is 6.36 Å². The van der Waals surface area contributed by atoms with E-state index in [-0.39, 0.29) is 17.2 Å². The summed E-state index contributed by atoms with van der Waals surface area (Å²) in [4.78, 5) is 13.8. The van der Waals surface area contributed by atoms with Crippen LogP contribution in [0, 0.1) is 0 Å². The van der Waals surface area contributed by atoms with Gasteiger partial charge in [-0.3, -0.25) is 4.79 Å². The van der Waals surface area contributed by atoms with E-state index in [0.29, 0.717) is 26.3 Å². The zero-order valence-corrected chi connectivity index (χ0v) is 11.2. The second-order valence-electron chi connectivity index (χ2n) is 4.56. The molecule has 0 radical (unpaired) electrons. The van der Waals surface area contributed by atoms with Gasteiger partial charge in [-0.25, -0.2) is 0 Å². The molecule has 1 fully saturated rings. The lowest BCUT2D eigenvalue weighted by atomic mass is 10.1. The van der Waals surface area contributed by atoms with Crippen molar-refractivity contribution in [1.82, 2.24) is 4.90 Å². The van der Waals surface area contributed by atoms with E-state index in [1.54, 1.807) is 4.90 Å². The largest absolute Gasteiger partial charge is 0.573 e. The van der Waals surface area contributed by atoms with Gasteiger partial charge in [0.25, 0.3) is 5.91 Å². The number of hydrogen-bond acceptors (Lipinski definition) is 4. The van der Waals surface area contributed by atoms with Gasteiger partial charge in [-0.1, -0.05) is 0 Å². The molecule has 1 aromatic carbocycles. The number of benzene rings is 1. The van der Waals surface area contributed by atoms with Gasteiger partial charge in [-0.2, -0.15) is 0 Å². The zero-order chi connectivity index (χ0) is 15.5. The Labute approximate surface area is 119 Å². The van der Waals surface area contributed by atoms with Crippen LogP contribution < -0.4 is 10.5 Å². The van der Waals surface area contributed by atoms with Gasteiger partial charge in [-0.05, 0) is 24.6 Å². The molecule has 0 bridgehead atoms. The molecule has 8 heteroatoms. The van der Waals surface area contributed by atoms with Crippen LogP contribution >= 0.6 is 0 Å². The van der Waals surface area contributed by atoms with E-state index in [1.807, 2.05) is 0 Å². The van der Waals surface area contributed by atoms with E-state index in [4.69, 9.17) is 10.5 Å². The van der Waals surface area contributed by atoms with Crippen molar-refractivity contribution in [3.8, 4) is 5.75 Å². The van der Waals surface area contributed by atoms with Crippen molar-refractivity contribution in [2.45, 2.75) is 12.8 Å². The van der Waals surface area contributed by atoms with Crippen molar-refractivity contribution in [3.63, 3.8) is 0 Å². The summed E-state index contributed by atoms with van der Waals surface area (Å²) >= 11 is 0. The highest BCUT2D eigenvalue weighted by Gasteiger charge is 2.32. The van der Waals surface area contributed by atoms with E-state index in [2.05, 4.69) is 4.74 Å². The molecule has 21 heavy (non-hydrogen) atoms. The Balaban J connectivity index is 2.13. The smallest absolute Gasteiger partial charge is 0.404 e. The number of hydrogen-bond donors (Lipinski definition) is 1. The van der Waals surface area contributed by atoms with E-state index in [1.165, 1.54) is 12.1 Å². The Morgan fingerprint density at radius 1 is 1.29 bits per heavy atom. The zero-order valence-electron chi connectivity index (χ0n) is 11.2. The van der Waals surface area contributed by atoms with Crippen molar-refractivity contribution < 1.29 is 27.4 Å². The molecule has 0 atom stereocenters. The molecule has 1 aromatic rings. The van der Waals surface area contributed by atoms with Gasteiger partial charge < -0.3 is 20.1 Å². The summed E-state index contributed by atoms with van der Waals surface area (Å²) in [6, 6.07) is 3.51. The lowest BCUT2D eigenvalue weighted by Crippen LogP contribution is -2.33. The minimum absolute atomic E-state index is 0.226. The maximum atomic E-state index is 12.3. The van der Waals surface area contributed by atoms with Gasteiger partial charge in [0.05, 0.1) is 12.3 Å².